The van der Waals surface area contributed by atoms with E-state index in [1.54, 1.807) is 48.5 Å². The van der Waals surface area contributed by atoms with Crippen LogP contribution in [0.3, 0.4) is 0 Å². The summed E-state index contributed by atoms with van der Waals surface area (Å²) in [4.78, 5) is 13.0. The molecule has 0 heterocycles. The minimum atomic E-state index is -4.07. The summed E-state index contributed by atoms with van der Waals surface area (Å²) in [6.07, 6.45) is 1.43. The van der Waals surface area contributed by atoms with Gasteiger partial charge in [-0.05, 0) is 89.4 Å². The summed E-state index contributed by atoms with van der Waals surface area (Å²) in [6.45, 7) is 4.05. The van der Waals surface area contributed by atoms with Crippen molar-refractivity contribution in [1.29, 1.82) is 0 Å². The van der Waals surface area contributed by atoms with Crippen molar-refractivity contribution in [3.63, 3.8) is 0 Å². The topological polar surface area (TPSA) is 107 Å². The molecule has 0 saturated carbocycles. The summed E-state index contributed by atoms with van der Waals surface area (Å²) in [7, 11) is -2.54. The van der Waals surface area contributed by atoms with Crippen molar-refractivity contribution in [3.8, 4) is 17.2 Å². The zero-order valence-corrected chi connectivity index (χ0v) is 26.4. The van der Waals surface area contributed by atoms with Gasteiger partial charge in [-0.15, -0.1) is 0 Å². The summed E-state index contributed by atoms with van der Waals surface area (Å²) < 4.78 is 45.9. The molecule has 0 aliphatic heterocycles. The number of halogens is 1. The van der Waals surface area contributed by atoms with E-state index in [2.05, 4.69) is 26.5 Å². The molecule has 0 saturated heterocycles. The van der Waals surface area contributed by atoms with Crippen LogP contribution in [-0.2, 0) is 21.4 Å². The van der Waals surface area contributed by atoms with Gasteiger partial charge < -0.3 is 14.2 Å². The Morgan fingerprint density at radius 1 is 0.977 bits per heavy atom. The maximum absolute atomic E-state index is 13.6. The van der Waals surface area contributed by atoms with Gasteiger partial charge in [0.1, 0.15) is 18.9 Å². The van der Waals surface area contributed by atoms with Crippen LogP contribution in [0.5, 0.6) is 17.2 Å². The number of ether oxygens (including phenoxy) is 3. The molecule has 9 nitrogen and oxygen atoms in total. The Bertz CT molecular complexity index is 1660. The molecule has 224 valence electrons. The van der Waals surface area contributed by atoms with E-state index >= 15 is 0 Å². The van der Waals surface area contributed by atoms with Crippen molar-refractivity contribution in [2.45, 2.75) is 25.3 Å². The quantitative estimate of drug-likeness (QED) is 0.137. The van der Waals surface area contributed by atoms with Gasteiger partial charge in [0.25, 0.3) is 15.9 Å². The van der Waals surface area contributed by atoms with Crippen molar-refractivity contribution in [3.05, 3.63) is 112 Å². The number of hydrazone groups is 1. The van der Waals surface area contributed by atoms with E-state index in [4.69, 9.17) is 14.2 Å². The molecular formula is C32H32BrN3O6S. The molecule has 4 aromatic rings. The van der Waals surface area contributed by atoms with Crippen molar-refractivity contribution in [2.75, 3.05) is 24.6 Å². The lowest BCUT2D eigenvalue weighted by atomic mass is 10.2. The Hall–Kier alpha value is -4.35. The largest absolute Gasteiger partial charge is 0.494 e. The number of methoxy groups -OCH3 is 1. The summed E-state index contributed by atoms with van der Waals surface area (Å²) in [5.41, 5.74) is 5.27. The first-order chi connectivity index (χ1) is 20.7. The molecule has 0 fully saturated rings. The third-order valence-corrected chi connectivity index (χ3v) is 8.59. The highest BCUT2D eigenvalue weighted by molar-refractivity contribution is 9.10. The highest BCUT2D eigenvalue weighted by Gasteiger charge is 2.27. The highest BCUT2D eigenvalue weighted by Crippen LogP contribution is 2.37. The molecule has 11 heteroatoms. The van der Waals surface area contributed by atoms with E-state index in [-0.39, 0.29) is 4.90 Å². The second-order valence-electron chi connectivity index (χ2n) is 9.35. The number of carbonyl (C=O) groups is 1. The number of amides is 1. The Labute approximate surface area is 260 Å². The number of hydrogen-bond acceptors (Lipinski definition) is 7. The summed E-state index contributed by atoms with van der Waals surface area (Å²) in [6, 6.07) is 26.2. The van der Waals surface area contributed by atoms with Gasteiger partial charge in [0.15, 0.2) is 11.5 Å². The minimum Gasteiger partial charge on any atom is -0.494 e. The van der Waals surface area contributed by atoms with Crippen LogP contribution in [0.4, 0.5) is 5.69 Å². The normalized spacial score (nSPS) is 11.3. The number of hydrogen-bond donors (Lipinski definition) is 1. The van der Waals surface area contributed by atoms with E-state index in [1.165, 1.54) is 25.5 Å². The fourth-order valence-corrected chi connectivity index (χ4v) is 6.05. The van der Waals surface area contributed by atoms with Crippen LogP contribution in [0.1, 0.15) is 23.6 Å². The van der Waals surface area contributed by atoms with Crippen molar-refractivity contribution in [2.24, 2.45) is 5.10 Å². The average molecular weight is 667 g/mol. The second-order valence-corrected chi connectivity index (χ2v) is 12.1. The number of nitrogens with zero attached hydrogens (tertiary/aromatic N) is 2. The zero-order valence-electron chi connectivity index (χ0n) is 24.0. The van der Waals surface area contributed by atoms with Crippen molar-refractivity contribution in [1.82, 2.24) is 5.43 Å². The fourth-order valence-electron chi connectivity index (χ4n) is 4.06. The average Bonchev–Trinajstić information content (AvgIpc) is 3.00. The van der Waals surface area contributed by atoms with Gasteiger partial charge >= 0.3 is 0 Å². The Kier molecular flexibility index (Phi) is 10.8. The van der Waals surface area contributed by atoms with Crippen LogP contribution in [0.25, 0.3) is 0 Å². The number of benzene rings is 4. The van der Waals surface area contributed by atoms with E-state index in [9.17, 15) is 13.2 Å². The van der Waals surface area contributed by atoms with Gasteiger partial charge in [-0.1, -0.05) is 48.0 Å². The Morgan fingerprint density at radius 3 is 2.33 bits per heavy atom. The van der Waals surface area contributed by atoms with E-state index in [0.717, 1.165) is 15.4 Å². The van der Waals surface area contributed by atoms with Crippen LogP contribution in [0, 0.1) is 6.92 Å². The second kappa shape index (κ2) is 14.7. The molecule has 0 radical (unpaired) electrons. The lowest BCUT2D eigenvalue weighted by Gasteiger charge is -2.24. The predicted octanol–water partition coefficient (Wildman–Crippen LogP) is 6.09. The maximum atomic E-state index is 13.6. The Morgan fingerprint density at radius 2 is 1.67 bits per heavy atom. The van der Waals surface area contributed by atoms with Crippen LogP contribution in [0.2, 0.25) is 0 Å². The number of rotatable bonds is 13. The van der Waals surface area contributed by atoms with Crippen molar-refractivity contribution < 1.29 is 27.4 Å². The molecule has 0 aromatic heterocycles. The third kappa shape index (κ3) is 8.36. The molecule has 43 heavy (non-hydrogen) atoms. The van der Waals surface area contributed by atoms with Gasteiger partial charge in [0, 0.05) is 0 Å². The standard InChI is InChI=1S/C32H32BrN3O6S/c1-4-41-27-14-12-26(13-15-27)36(43(38,39)28-16-10-23(2)11-17-28)21-31(37)35-34-20-25-18-29(33)32(30(19-25)40-3)42-22-24-8-6-5-7-9-24/h5-20H,4,21-22H2,1-3H3,(H,35,37)/b34-20-. The van der Waals surface area contributed by atoms with Crippen LogP contribution in [0.15, 0.2) is 105 Å². The monoisotopic (exact) mass is 665 g/mol. The molecule has 0 aliphatic carbocycles. The minimum absolute atomic E-state index is 0.0646. The number of carbonyl (C=O) groups excluding carboxylic acids is 1. The molecule has 4 rings (SSSR count). The van der Waals surface area contributed by atoms with E-state index in [0.29, 0.717) is 46.2 Å². The van der Waals surface area contributed by atoms with Gasteiger partial charge in [-0.2, -0.15) is 5.10 Å². The first kappa shape index (κ1) is 31.6. The third-order valence-electron chi connectivity index (χ3n) is 6.21. The molecule has 4 aromatic carbocycles. The van der Waals surface area contributed by atoms with Crippen LogP contribution < -0.4 is 23.9 Å². The smallest absolute Gasteiger partial charge is 0.264 e. The number of anilines is 1. The van der Waals surface area contributed by atoms with Crippen LogP contribution >= 0.6 is 15.9 Å². The zero-order chi connectivity index (χ0) is 30.8. The highest BCUT2D eigenvalue weighted by atomic mass is 79.9. The molecule has 0 spiro atoms. The molecule has 0 bridgehead atoms. The molecular weight excluding hydrogens is 634 g/mol. The molecule has 0 aliphatic rings. The fraction of sp³-hybridized carbons (Fsp3) is 0.188. The van der Waals surface area contributed by atoms with Gasteiger partial charge in [-0.25, -0.2) is 13.8 Å². The maximum Gasteiger partial charge on any atom is 0.264 e. The van der Waals surface area contributed by atoms with Crippen molar-refractivity contribution >= 4 is 43.8 Å². The number of aryl methyl sites for hydroxylation is 1. The van der Waals surface area contributed by atoms with E-state index < -0.39 is 22.5 Å². The van der Waals surface area contributed by atoms with Gasteiger partial charge in [-0.3, -0.25) is 9.10 Å². The van der Waals surface area contributed by atoms with Crippen LogP contribution in [-0.4, -0.2) is 40.8 Å². The number of sulfonamides is 1. The lowest BCUT2D eigenvalue weighted by molar-refractivity contribution is -0.119. The van der Waals surface area contributed by atoms with Gasteiger partial charge in [0.2, 0.25) is 0 Å². The first-order valence-corrected chi connectivity index (χ1v) is 15.6. The van der Waals surface area contributed by atoms with Gasteiger partial charge in [0.05, 0.1) is 35.0 Å². The summed E-state index contributed by atoms with van der Waals surface area (Å²) >= 11 is 3.52. The molecule has 0 unspecified atom stereocenters. The first-order valence-electron chi connectivity index (χ1n) is 13.4. The number of nitrogens with one attached hydrogen (secondary N) is 1. The molecule has 1 N–H and O–H groups in total. The SMILES string of the molecule is CCOc1ccc(N(CC(=O)N/N=C\c2cc(Br)c(OCc3ccccc3)c(OC)c2)S(=O)(=O)c2ccc(C)cc2)cc1. The molecule has 0 atom stereocenters. The van der Waals surface area contributed by atoms with E-state index in [1.807, 2.05) is 44.2 Å². The predicted molar refractivity (Wildman–Crippen MR) is 171 cm³/mol. The molecule has 1 amide bonds. The summed E-state index contributed by atoms with van der Waals surface area (Å²) in [5, 5.41) is 4.05. The Balaban J connectivity index is 1.50. The summed E-state index contributed by atoms with van der Waals surface area (Å²) in [5.74, 6) is 0.963. The lowest BCUT2D eigenvalue weighted by Crippen LogP contribution is -2.39.